The van der Waals surface area contributed by atoms with Crippen molar-refractivity contribution in [3.8, 4) is 0 Å². The molecule has 0 aliphatic heterocycles. The lowest BCUT2D eigenvalue weighted by Gasteiger charge is -2.26. The van der Waals surface area contributed by atoms with Gasteiger partial charge in [-0.3, -0.25) is 0 Å². The van der Waals surface area contributed by atoms with Crippen molar-refractivity contribution in [2.24, 2.45) is 0 Å². The smallest absolute Gasteiger partial charge is 0.338 e. The predicted octanol–water partition coefficient (Wildman–Crippen LogP) is 3.69. The number of aromatic carboxylic acids is 1. The van der Waals surface area contributed by atoms with Crippen LogP contribution in [-0.4, -0.2) is 27.0 Å². The van der Waals surface area contributed by atoms with Crippen molar-refractivity contribution in [1.82, 2.24) is 9.97 Å². The summed E-state index contributed by atoms with van der Waals surface area (Å²) in [5.41, 5.74) is 0.213. The summed E-state index contributed by atoms with van der Waals surface area (Å²) in [5, 5.41) is 9.08. The molecule has 1 aliphatic carbocycles. The number of alkyl halides is 2. The van der Waals surface area contributed by atoms with Crippen LogP contribution in [0.15, 0.2) is 12.1 Å². The number of hydrogen-bond donors (Lipinski definition) is 2. The molecule has 1 aliphatic rings. The summed E-state index contributed by atoms with van der Waals surface area (Å²) < 4.78 is 39.7. The predicted molar refractivity (Wildman–Crippen MR) is 69.2 cm³/mol. The zero-order chi connectivity index (χ0) is 15.2. The minimum absolute atomic E-state index is 0.163. The number of nitrogens with one attached hydrogen (secondary N) is 1. The molecule has 0 atom stereocenters. The summed E-state index contributed by atoms with van der Waals surface area (Å²) >= 11 is 0. The Balaban J connectivity index is 1.98. The van der Waals surface area contributed by atoms with Crippen LogP contribution in [0.3, 0.4) is 0 Å². The molecule has 0 amide bonds. The number of nitrogens with zero attached hydrogens (tertiary/aromatic N) is 1. The third kappa shape index (κ3) is 2.59. The van der Waals surface area contributed by atoms with E-state index in [1.807, 2.05) is 0 Å². The number of rotatable bonds is 2. The van der Waals surface area contributed by atoms with Crippen LogP contribution in [0.5, 0.6) is 0 Å². The fraction of sp³-hybridized carbons (Fsp3) is 0.429. The van der Waals surface area contributed by atoms with E-state index in [0.717, 1.165) is 12.1 Å². The molecule has 4 nitrogen and oxygen atoms in total. The number of halogens is 3. The van der Waals surface area contributed by atoms with E-state index in [2.05, 4.69) is 9.97 Å². The Morgan fingerprint density at radius 1 is 1.33 bits per heavy atom. The maximum Gasteiger partial charge on any atom is 0.338 e. The van der Waals surface area contributed by atoms with Gasteiger partial charge in [0.05, 0.1) is 11.1 Å². The number of aromatic nitrogens is 2. The minimum atomic E-state index is -2.64. The van der Waals surface area contributed by atoms with Crippen molar-refractivity contribution in [2.75, 3.05) is 0 Å². The standard InChI is InChI=1S/C14H13F3N2O2/c15-8-5-9(13(20)21)11-10(6-8)18-12(19-11)7-1-3-14(16,17)4-2-7/h5-7H,1-4H2,(H,18,19)(H,20,21). The Hall–Kier alpha value is -2.05. The number of H-pyrrole nitrogens is 1. The molecule has 112 valence electrons. The Bertz CT molecular complexity index is 702. The van der Waals surface area contributed by atoms with Gasteiger partial charge in [0.2, 0.25) is 5.92 Å². The zero-order valence-corrected chi connectivity index (χ0v) is 11.0. The molecule has 21 heavy (non-hydrogen) atoms. The summed E-state index contributed by atoms with van der Waals surface area (Å²) in [7, 11) is 0. The van der Waals surface area contributed by atoms with Gasteiger partial charge in [-0.05, 0) is 25.0 Å². The molecule has 0 unspecified atom stereocenters. The lowest BCUT2D eigenvalue weighted by atomic mass is 9.86. The maximum atomic E-state index is 13.4. The van der Waals surface area contributed by atoms with Crippen LogP contribution in [0.1, 0.15) is 47.8 Å². The quantitative estimate of drug-likeness (QED) is 0.888. The van der Waals surface area contributed by atoms with Crippen molar-refractivity contribution in [1.29, 1.82) is 0 Å². The first-order chi connectivity index (χ1) is 9.85. The Morgan fingerprint density at radius 2 is 2.00 bits per heavy atom. The van der Waals surface area contributed by atoms with E-state index in [4.69, 9.17) is 5.11 Å². The van der Waals surface area contributed by atoms with Crippen LogP contribution in [-0.2, 0) is 0 Å². The second-order valence-electron chi connectivity index (χ2n) is 5.41. The SMILES string of the molecule is O=C(O)c1cc(F)cc2[nH]c(C3CCC(F)(F)CC3)nc12. The molecule has 1 aromatic carbocycles. The molecule has 1 heterocycles. The normalized spacial score (nSPS) is 19.0. The lowest BCUT2D eigenvalue weighted by Crippen LogP contribution is -2.24. The summed E-state index contributed by atoms with van der Waals surface area (Å²) in [4.78, 5) is 18.2. The van der Waals surface area contributed by atoms with Gasteiger partial charge >= 0.3 is 5.97 Å². The number of carboxylic acid groups (broad SMARTS) is 1. The lowest BCUT2D eigenvalue weighted by molar-refractivity contribution is -0.0387. The third-order valence-electron chi connectivity index (χ3n) is 3.90. The van der Waals surface area contributed by atoms with Gasteiger partial charge in [-0.15, -0.1) is 0 Å². The number of carboxylic acids is 1. The molecule has 2 aromatic rings. The highest BCUT2D eigenvalue weighted by molar-refractivity contribution is 6.01. The molecule has 0 bridgehead atoms. The second kappa shape index (κ2) is 4.75. The largest absolute Gasteiger partial charge is 0.478 e. The van der Waals surface area contributed by atoms with Crippen LogP contribution in [0.25, 0.3) is 11.0 Å². The molecule has 7 heteroatoms. The molecule has 2 N–H and O–H groups in total. The number of carbonyl (C=O) groups is 1. The third-order valence-corrected chi connectivity index (χ3v) is 3.90. The molecular weight excluding hydrogens is 285 g/mol. The molecule has 1 aromatic heterocycles. The number of aromatic amines is 1. The van der Waals surface area contributed by atoms with Crippen LogP contribution in [0.4, 0.5) is 13.2 Å². The zero-order valence-electron chi connectivity index (χ0n) is 11.0. The summed E-state index contributed by atoms with van der Waals surface area (Å²) in [6, 6.07) is 2.07. The van der Waals surface area contributed by atoms with Crippen LogP contribution < -0.4 is 0 Å². The monoisotopic (exact) mass is 298 g/mol. The van der Waals surface area contributed by atoms with E-state index in [9.17, 15) is 18.0 Å². The molecular formula is C14H13F3N2O2. The van der Waals surface area contributed by atoms with E-state index in [-0.39, 0.29) is 48.2 Å². The highest BCUT2D eigenvalue weighted by atomic mass is 19.3. The van der Waals surface area contributed by atoms with Crippen molar-refractivity contribution < 1.29 is 23.1 Å². The Morgan fingerprint density at radius 3 is 2.62 bits per heavy atom. The van der Waals surface area contributed by atoms with Crippen molar-refractivity contribution in [3.05, 3.63) is 29.3 Å². The first kappa shape index (κ1) is 13.9. The molecule has 0 radical (unpaired) electrons. The van der Waals surface area contributed by atoms with Crippen molar-refractivity contribution in [2.45, 2.75) is 37.5 Å². The number of fused-ring (bicyclic) bond motifs is 1. The maximum absolute atomic E-state index is 13.4. The first-order valence-corrected chi connectivity index (χ1v) is 6.66. The number of hydrogen-bond acceptors (Lipinski definition) is 2. The first-order valence-electron chi connectivity index (χ1n) is 6.66. The highest BCUT2D eigenvalue weighted by Crippen LogP contribution is 2.40. The van der Waals surface area contributed by atoms with Gasteiger partial charge < -0.3 is 10.1 Å². The van der Waals surface area contributed by atoms with E-state index in [1.165, 1.54) is 0 Å². The number of imidazole rings is 1. The topological polar surface area (TPSA) is 66.0 Å². The van der Waals surface area contributed by atoms with E-state index in [0.29, 0.717) is 5.82 Å². The van der Waals surface area contributed by atoms with Gasteiger partial charge in [-0.25, -0.2) is 22.9 Å². The van der Waals surface area contributed by atoms with E-state index < -0.39 is 17.7 Å². The van der Waals surface area contributed by atoms with Gasteiger partial charge in [-0.2, -0.15) is 0 Å². The summed E-state index contributed by atoms with van der Waals surface area (Å²) in [5.74, 6) is -4.31. The van der Waals surface area contributed by atoms with E-state index >= 15 is 0 Å². The van der Waals surface area contributed by atoms with Gasteiger partial charge in [0.1, 0.15) is 17.2 Å². The molecule has 1 fully saturated rings. The van der Waals surface area contributed by atoms with Gasteiger partial charge in [0.15, 0.2) is 0 Å². The van der Waals surface area contributed by atoms with Crippen LogP contribution >= 0.6 is 0 Å². The minimum Gasteiger partial charge on any atom is -0.478 e. The van der Waals surface area contributed by atoms with Crippen LogP contribution in [0.2, 0.25) is 0 Å². The fourth-order valence-corrected chi connectivity index (χ4v) is 2.77. The highest BCUT2D eigenvalue weighted by Gasteiger charge is 2.36. The molecule has 0 spiro atoms. The van der Waals surface area contributed by atoms with Crippen molar-refractivity contribution >= 4 is 17.0 Å². The van der Waals surface area contributed by atoms with Crippen molar-refractivity contribution in [3.63, 3.8) is 0 Å². The second-order valence-corrected chi connectivity index (χ2v) is 5.41. The average molecular weight is 298 g/mol. The van der Waals surface area contributed by atoms with Crippen LogP contribution in [0, 0.1) is 5.82 Å². The van der Waals surface area contributed by atoms with Gasteiger partial charge in [0, 0.05) is 18.8 Å². The summed E-state index contributed by atoms with van der Waals surface area (Å²) in [6.07, 6.45) is 0.124. The number of benzene rings is 1. The Labute approximate surface area is 118 Å². The molecule has 0 saturated heterocycles. The fourth-order valence-electron chi connectivity index (χ4n) is 2.77. The average Bonchev–Trinajstić information content (AvgIpc) is 2.80. The van der Waals surface area contributed by atoms with Gasteiger partial charge in [-0.1, -0.05) is 0 Å². The Kier molecular flexibility index (Phi) is 3.15. The summed E-state index contributed by atoms with van der Waals surface area (Å²) in [6.45, 7) is 0. The molecule has 3 rings (SSSR count). The van der Waals surface area contributed by atoms with Gasteiger partial charge in [0.25, 0.3) is 0 Å². The molecule has 1 saturated carbocycles. The van der Waals surface area contributed by atoms with E-state index in [1.54, 1.807) is 0 Å².